The van der Waals surface area contributed by atoms with Gasteiger partial charge in [-0.2, -0.15) is 4.98 Å². The van der Waals surface area contributed by atoms with Crippen LogP contribution in [0.4, 0.5) is 14.9 Å². The van der Waals surface area contributed by atoms with Crippen LogP contribution in [0.1, 0.15) is 34.1 Å². The van der Waals surface area contributed by atoms with Gasteiger partial charge in [-0.25, -0.2) is 19.2 Å². The number of fused-ring (bicyclic) bond motifs is 2. The molecule has 5 rings (SSSR count). The Labute approximate surface area is 267 Å². The van der Waals surface area contributed by atoms with E-state index in [1.54, 1.807) is 59.2 Å². The van der Waals surface area contributed by atoms with Crippen LogP contribution in [0, 0.1) is 5.82 Å². The molecule has 1 aromatic carbocycles. The molecule has 0 unspecified atom stereocenters. The molecule has 2 atom stereocenters. The highest BCUT2D eigenvalue weighted by Gasteiger charge is 2.23. The van der Waals surface area contributed by atoms with Crippen molar-refractivity contribution in [3.05, 3.63) is 59.6 Å². The number of aliphatic hydroxyl groups is 1. The van der Waals surface area contributed by atoms with E-state index in [1.165, 1.54) is 29.7 Å². The van der Waals surface area contributed by atoms with Crippen molar-refractivity contribution >= 4 is 56.0 Å². The van der Waals surface area contributed by atoms with Gasteiger partial charge in [-0.05, 0) is 52.0 Å². The molecule has 0 fully saturated rings. The largest absolute Gasteiger partial charge is 0.495 e. The summed E-state index contributed by atoms with van der Waals surface area (Å²) in [6, 6.07) is 9.71. The number of aromatic nitrogens is 4. The molecule has 0 spiro atoms. The van der Waals surface area contributed by atoms with E-state index in [9.17, 15) is 9.90 Å². The number of hydrogen-bond acceptors (Lipinski definition) is 11. The third-order valence-corrected chi connectivity index (χ3v) is 7.91. The van der Waals surface area contributed by atoms with Crippen molar-refractivity contribution in [2.45, 2.75) is 51.9 Å². The molecule has 11 nitrogen and oxygen atoms in total. The van der Waals surface area contributed by atoms with Gasteiger partial charge in [0.2, 0.25) is 5.88 Å². The molecule has 5 aromatic rings. The lowest BCUT2D eigenvalue weighted by Crippen LogP contribution is -2.33. The van der Waals surface area contributed by atoms with Crippen LogP contribution < -0.4 is 19.5 Å². The monoisotopic (exact) mass is 655 g/mol. The number of ether oxygens (including phenoxy) is 4. The lowest BCUT2D eigenvalue weighted by atomic mass is 10.1. The number of hydrogen-bond donors (Lipinski definition) is 2. The van der Waals surface area contributed by atoms with Crippen LogP contribution in [-0.4, -0.2) is 62.7 Å². The number of carbonyl (C=O) groups excluding carboxylic acids is 1. The Morgan fingerprint density at radius 2 is 1.93 bits per heavy atom. The third kappa shape index (κ3) is 8.04. The lowest BCUT2D eigenvalue weighted by molar-refractivity contribution is 0.0379. The minimum atomic E-state index is -0.873. The minimum absolute atomic E-state index is 0.248. The van der Waals surface area contributed by atoms with Crippen LogP contribution in [0.2, 0.25) is 5.02 Å². The Hall–Kier alpha value is -4.33. The number of pyridine rings is 3. The maximum absolute atomic E-state index is 15.1. The summed E-state index contributed by atoms with van der Waals surface area (Å²) in [4.78, 5) is 30.6. The number of anilines is 1. The summed E-state index contributed by atoms with van der Waals surface area (Å²) in [5, 5.41) is 14.3. The predicted octanol–water partition coefficient (Wildman–Crippen LogP) is 7.05. The number of nitrogens with zero attached hydrogens (tertiary/aromatic N) is 4. The van der Waals surface area contributed by atoms with E-state index in [1.807, 2.05) is 6.07 Å². The zero-order chi connectivity index (χ0) is 32.3. The number of carbonyl (C=O) groups is 1. The number of thiazole rings is 1. The van der Waals surface area contributed by atoms with Gasteiger partial charge >= 0.3 is 6.09 Å². The average Bonchev–Trinajstić information content (AvgIpc) is 3.38. The van der Waals surface area contributed by atoms with Crippen molar-refractivity contribution in [1.82, 2.24) is 19.9 Å². The molecule has 0 saturated carbocycles. The second-order valence-electron chi connectivity index (χ2n) is 10.9. The topological polar surface area (TPSA) is 138 Å². The number of methoxy groups -OCH3 is 1. The van der Waals surface area contributed by atoms with Crippen molar-refractivity contribution < 1.29 is 33.2 Å². The second kappa shape index (κ2) is 13.3. The molecular formula is C31H31ClFN5O6S. The smallest absolute Gasteiger partial charge is 0.412 e. The van der Waals surface area contributed by atoms with E-state index in [-0.39, 0.29) is 18.4 Å². The minimum Gasteiger partial charge on any atom is -0.495 e. The number of halogens is 2. The van der Waals surface area contributed by atoms with Crippen molar-refractivity contribution in [3.63, 3.8) is 0 Å². The summed E-state index contributed by atoms with van der Waals surface area (Å²) >= 11 is 7.62. The average molecular weight is 656 g/mol. The number of rotatable bonds is 11. The van der Waals surface area contributed by atoms with Crippen molar-refractivity contribution in [2.75, 3.05) is 19.0 Å². The first kappa shape index (κ1) is 32.1. The first-order chi connectivity index (χ1) is 21.4. The normalized spacial score (nSPS) is 13.0. The molecular weight excluding hydrogens is 625 g/mol. The molecule has 1 amide bonds. The van der Waals surface area contributed by atoms with E-state index >= 15 is 4.39 Å². The molecule has 4 aromatic heterocycles. The zero-order valence-corrected chi connectivity index (χ0v) is 26.7. The summed E-state index contributed by atoms with van der Waals surface area (Å²) in [5.41, 5.74) is 1.21. The van der Waals surface area contributed by atoms with E-state index in [0.717, 1.165) is 5.39 Å². The Kier molecular flexibility index (Phi) is 9.51. The first-order valence-electron chi connectivity index (χ1n) is 13.9. The van der Waals surface area contributed by atoms with E-state index < -0.39 is 29.7 Å². The van der Waals surface area contributed by atoms with Crippen LogP contribution in [-0.2, 0) is 4.74 Å². The van der Waals surface area contributed by atoms with Gasteiger partial charge in [-0.1, -0.05) is 22.9 Å². The highest BCUT2D eigenvalue weighted by atomic mass is 35.5. The van der Waals surface area contributed by atoms with Crippen LogP contribution >= 0.6 is 22.9 Å². The molecule has 0 radical (unpaired) electrons. The SMILES string of the molecule is COc1cnc2c(-c3nc4cc(F)c(O[C@@H](C)[C@@H](C)OC(=O)Nc5ccnc(OCCC(C)(C)O)c5)nc4s3)cc(Cl)cc2c1. The van der Waals surface area contributed by atoms with E-state index in [2.05, 4.69) is 25.3 Å². The maximum Gasteiger partial charge on any atom is 0.412 e. The Morgan fingerprint density at radius 3 is 2.69 bits per heavy atom. The van der Waals surface area contributed by atoms with E-state index in [0.29, 0.717) is 49.3 Å². The molecule has 45 heavy (non-hydrogen) atoms. The summed E-state index contributed by atoms with van der Waals surface area (Å²) in [6.45, 7) is 6.87. The maximum atomic E-state index is 15.1. The quantitative estimate of drug-likeness (QED) is 0.152. The second-order valence-corrected chi connectivity index (χ2v) is 12.3. The van der Waals surface area contributed by atoms with Crippen molar-refractivity contribution in [1.29, 1.82) is 0 Å². The van der Waals surface area contributed by atoms with Gasteiger partial charge in [-0.3, -0.25) is 10.3 Å². The van der Waals surface area contributed by atoms with Gasteiger partial charge in [0.05, 0.1) is 36.7 Å². The fourth-order valence-electron chi connectivity index (χ4n) is 4.15. The fraction of sp³-hybridized carbons (Fsp3) is 0.323. The first-order valence-corrected chi connectivity index (χ1v) is 15.1. The van der Waals surface area contributed by atoms with Crippen LogP contribution in [0.3, 0.4) is 0 Å². The van der Waals surface area contributed by atoms with Crippen LogP contribution in [0.5, 0.6) is 17.5 Å². The Balaban J connectivity index is 1.25. The van der Waals surface area contributed by atoms with Gasteiger partial charge in [0, 0.05) is 40.7 Å². The molecule has 2 N–H and O–H groups in total. The van der Waals surface area contributed by atoms with Gasteiger partial charge < -0.3 is 24.1 Å². The molecule has 0 aliphatic rings. The zero-order valence-electron chi connectivity index (χ0n) is 25.1. The summed E-state index contributed by atoms with van der Waals surface area (Å²) in [5.74, 6) is -0.0894. The van der Waals surface area contributed by atoms with Crippen LogP contribution in [0.25, 0.3) is 31.8 Å². The number of amides is 1. The highest BCUT2D eigenvalue weighted by Crippen LogP contribution is 2.37. The molecule has 0 aliphatic heterocycles. The van der Waals surface area contributed by atoms with E-state index in [4.69, 9.17) is 30.5 Å². The Morgan fingerprint density at radius 1 is 1.13 bits per heavy atom. The predicted molar refractivity (Wildman–Crippen MR) is 170 cm³/mol. The lowest BCUT2D eigenvalue weighted by Gasteiger charge is -2.21. The molecule has 0 bridgehead atoms. The molecule has 0 saturated heterocycles. The molecule has 14 heteroatoms. The Bertz CT molecular complexity index is 1850. The summed E-state index contributed by atoms with van der Waals surface area (Å²) in [6.07, 6.45) is 1.21. The van der Waals surface area contributed by atoms with Gasteiger partial charge in [-0.15, -0.1) is 0 Å². The summed E-state index contributed by atoms with van der Waals surface area (Å²) in [7, 11) is 1.56. The standard InChI is InChI=1S/C31H31ClFN5O6S/c1-16(17(2)44-30(39)36-20-6-8-34-25(13-20)42-9-7-31(3,4)40)43-27-23(33)14-24-29(38-27)45-28(37-24)22-12-19(32)10-18-11-21(41-5)15-35-26(18)22/h6,8,10-17,40H,7,9H2,1-5H3,(H,34,36,39)/t16-,17+/m0/s1. The number of benzene rings is 1. The van der Waals surface area contributed by atoms with Crippen molar-refractivity contribution in [3.8, 4) is 28.1 Å². The number of nitrogens with one attached hydrogen (secondary N) is 1. The summed E-state index contributed by atoms with van der Waals surface area (Å²) < 4.78 is 37.1. The molecule has 236 valence electrons. The highest BCUT2D eigenvalue weighted by molar-refractivity contribution is 7.21. The van der Waals surface area contributed by atoms with Gasteiger partial charge in [0.15, 0.2) is 5.82 Å². The van der Waals surface area contributed by atoms with Crippen LogP contribution in [0.15, 0.2) is 48.8 Å². The van der Waals surface area contributed by atoms with Gasteiger partial charge in [0.1, 0.15) is 33.3 Å². The molecule has 0 aliphatic carbocycles. The fourth-order valence-corrected chi connectivity index (χ4v) is 5.30. The van der Waals surface area contributed by atoms with Gasteiger partial charge in [0.25, 0.3) is 5.88 Å². The third-order valence-electron chi connectivity index (χ3n) is 6.69. The molecule has 4 heterocycles. The van der Waals surface area contributed by atoms with Crippen molar-refractivity contribution in [2.24, 2.45) is 0 Å².